The van der Waals surface area contributed by atoms with Gasteiger partial charge in [-0.1, -0.05) is 116 Å². The Labute approximate surface area is 369 Å². The highest BCUT2D eigenvalue weighted by molar-refractivity contribution is 5.86. The Bertz CT molecular complexity index is 2780. The van der Waals surface area contributed by atoms with Crippen LogP contribution in [-0.4, -0.2) is 0 Å². The Balaban J connectivity index is 0.913. The summed E-state index contributed by atoms with van der Waals surface area (Å²) in [6.45, 7) is 6.96. The van der Waals surface area contributed by atoms with Crippen molar-refractivity contribution >= 4 is 34.1 Å². The van der Waals surface area contributed by atoms with Crippen LogP contribution >= 0.6 is 0 Å². The Hall–Kier alpha value is -5.86. The van der Waals surface area contributed by atoms with Crippen molar-refractivity contribution in [2.24, 2.45) is 17.8 Å². The van der Waals surface area contributed by atoms with Gasteiger partial charge >= 0.3 is 0 Å². The van der Waals surface area contributed by atoms with Crippen LogP contribution in [0.15, 0.2) is 158 Å². The van der Waals surface area contributed by atoms with E-state index in [1.54, 1.807) is 5.56 Å². The number of para-hydroxylation sites is 1. The molecule has 4 fully saturated rings. The molecule has 0 heterocycles. The number of aryl methyl sites for hydroxylation is 5. The highest BCUT2D eigenvalue weighted by Crippen LogP contribution is 2.61. The van der Waals surface area contributed by atoms with Crippen molar-refractivity contribution in [2.75, 3.05) is 9.80 Å². The normalized spacial score (nSPS) is 22.5. The minimum atomic E-state index is -0.0733. The molecule has 4 saturated carbocycles. The molecular formula is C60H58N2. The smallest absolute Gasteiger partial charge is 0.0496 e. The quantitative estimate of drug-likeness (QED) is 0.158. The highest BCUT2D eigenvalue weighted by atomic mass is 15.2. The van der Waals surface area contributed by atoms with Gasteiger partial charge in [0.05, 0.1) is 0 Å². The van der Waals surface area contributed by atoms with Gasteiger partial charge in [-0.25, -0.2) is 0 Å². The molecule has 0 radical (unpaired) electrons. The lowest BCUT2D eigenvalue weighted by atomic mass is 9.48. The minimum absolute atomic E-state index is 0.0733. The number of fused-ring (bicyclic) bond motifs is 3. The molecule has 7 aromatic rings. The van der Waals surface area contributed by atoms with Gasteiger partial charge in [0.25, 0.3) is 0 Å². The van der Waals surface area contributed by atoms with Gasteiger partial charge in [0, 0.05) is 39.5 Å². The van der Waals surface area contributed by atoms with Crippen molar-refractivity contribution in [3.05, 3.63) is 202 Å². The minimum Gasteiger partial charge on any atom is -0.310 e. The summed E-state index contributed by atoms with van der Waals surface area (Å²) in [6.07, 6.45) is 12.5. The summed E-state index contributed by atoms with van der Waals surface area (Å²) in [5.41, 5.74) is 21.8. The molecule has 0 amide bonds. The number of hydrogen-bond donors (Lipinski definition) is 0. The maximum Gasteiger partial charge on any atom is 0.0496 e. The molecule has 0 N–H and O–H groups in total. The standard InChI is InChI=1S/C60H58N2/c1-40-13-25-50(26-14-40)62(52-29-30-54-53-11-7-8-12-55(53)59(2,3)56(54)36-52)58-35-42-16-20-46-19-15-41(17-21-47(58)22-18-42)34-57(46)61(49-9-5-4-6-10-49)51-27-23-48(24-28-51)60-37-43-31-44(38-60)33-45(32-43)39-60/h4-15,18-19,22-30,34-36,43-45H,16-17,20-21,31-33,37-39H2,1-3H3. The number of benzene rings is 7. The van der Waals surface area contributed by atoms with Crippen LogP contribution in [0.2, 0.25) is 0 Å². The predicted octanol–water partition coefficient (Wildman–Crippen LogP) is 15.6. The van der Waals surface area contributed by atoms with E-state index < -0.39 is 0 Å². The summed E-state index contributed by atoms with van der Waals surface area (Å²) in [7, 11) is 0. The van der Waals surface area contributed by atoms with Gasteiger partial charge in [0.15, 0.2) is 0 Å². The van der Waals surface area contributed by atoms with Crippen LogP contribution < -0.4 is 9.80 Å². The molecule has 0 aliphatic heterocycles. The van der Waals surface area contributed by atoms with Crippen LogP contribution in [0.25, 0.3) is 11.1 Å². The molecule has 62 heavy (non-hydrogen) atoms. The summed E-state index contributed by atoms with van der Waals surface area (Å²) in [5, 5.41) is 0. The molecule has 0 aromatic heterocycles. The molecule has 308 valence electrons. The average Bonchev–Trinajstić information content (AvgIpc) is 3.51. The fraction of sp³-hybridized carbons (Fsp3) is 0.300. The molecule has 0 spiro atoms. The zero-order valence-electron chi connectivity index (χ0n) is 36.7. The van der Waals surface area contributed by atoms with Crippen molar-refractivity contribution in [3.8, 4) is 11.1 Å². The fourth-order valence-corrected chi connectivity index (χ4v) is 13.3. The third-order valence-corrected chi connectivity index (χ3v) is 16.1. The SMILES string of the molecule is Cc1ccc(N(c2ccc3c(c2)C(C)(C)c2ccccc2-3)c2cc3ccc2CCc2ccc(c(N(c4ccccc4)c4ccc(C56CC7CC(CC(C7)C5)C6)cc4)c2)CC3)cc1. The lowest BCUT2D eigenvalue weighted by Crippen LogP contribution is -2.48. The molecule has 2 heteroatoms. The van der Waals surface area contributed by atoms with Crippen molar-refractivity contribution in [1.29, 1.82) is 0 Å². The molecule has 0 saturated heterocycles. The second-order valence-corrected chi connectivity index (χ2v) is 20.4. The van der Waals surface area contributed by atoms with Crippen molar-refractivity contribution in [1.82, 2.24) is 0 Å². The van der Waals surface area contributed by atoms with Crippen LogP contribution in [0.1, 0.15) is 96.9 Å². The average molecular weight is 807 g/mol. The van der Waals surface area contributed by atoms with E-state index in [0.717, 1.165) is 43.4 Å². The van der Waals surface area contributed by atoms with Crippen molar-refractivity contribution < 1.29 is 0 Å². The second kappa shape index (κ2) is 14.6. The van der Waals surface area contributed by atoms with Gasteiger partial charge in [-0.15, -0.1) is 0 Å². The number of hydrogen-bond acceptors (Lipinski definition) is 2. The molecule has 9 aliphatic rings. The topological polar surface area (TPSA) is 6.48 Å². The zero-order chi connectivity index (χ0) is 41.6. The number of nitrogens with zero attached hydrogens (tertiary/aromatic N) is 2. The molecule has 7 aromatic carbocycles. The Morgan fingerprint density at radius 1 is 0.435 bits per heavy atom. The fourth-order valence-electron chi connectivity index (χ4n) is 13.3. The maximum atomic E-state index is 2.55. The van der Waals surface area contributed by atoms with Gasteiger partial charge in [-0.2, -0.15) is 0 Å². The van der Waals surface area contributed by atoms with Crippen LogP contribution in [0.5, 0.6) is 0 Å². The Morgan fingerprint density at radius 2 is 0.935 bits per heavy atom. The molecule has 0 unspecified atom stereocenters. The Morgan fingerprint density at radius 3 is 1.55 bits per heavy atom. The summed E-state index contributed by atoms with van der Waals surface area (Å²) < 4.78 is 0. The summed E-state index contributed by atoms with van der Waals surface area (Å²) in [5.74, 6) is 2.84. The first-order chi connectivity index (χ1) is 30.3. The third kappa shape index (κ3) is 6.35. The predicted molar refractivity (Wildman–Crippen MR) is 259 cm³/mol. The summed E-state index contributed by atoms with van der Waals surface area (Å²) >= 11 is 0. The lowest BCUT2D eigenvalue weighted by molar-refractivity contribution is -0.00518. The van der Waals surface area contributed by atoms with Crippen molar-refractivity contribution in [2.45, 2.75) is 95.8 Å². The van der Waals surface area contributed by atoms with Crippen LogP contribution in [-0.2, 0) is 36.5 Å². The summed E-state index contributed by atoms with van der Waals surface area (Å²) in [6, 6.07) is 61.0. The highest BCUT2D eigenvalue weighted by Gasteiger charge is 2.51. The van der Waals surface area contributed by atoms with Crippen molar-refractivity contribution in [3.63, 3.8) is 0 Å². The van der Waals surface area contributed by atoms with E-state index in [1.807, 2.05) is 0 Å². The number of anilines is 6. The van der Waals surface area contributed by atoms with E-state index in [0.29, 0.717) is 5.41 Å². The van der Waals surface area contributed by atoms with Crippen LogP contribution in [0.3, 0.4) is 0 Å². The summed E-state index contributed by atoms with van der Waals surface area (Å²) in [4.78, 5) is 5.09. The lowest BCUT2D eigenvalue weighted by Gasteiger charge is -2.57. The molecule has 9 aliphatic carbocycles. The van der Waals surface area contributed by atoms with Gasteiger partial charge in [-0.05, 0) is 205 Å². The van der Waals surface area contributed by atoms with Gasteiger partial charge in [0.2, 0.25) is 0 Å². The van der Waals surface area contributed by atoms with E-state index in [1.165, 1.54) is 123 Å². The molecule has 0 atom stereocenters. The first-order valence-electron chi connectivity index (χ1n) is 23.6. The second-order valence-electron chi connectivity index (χ2n) is 20.4. The maximum absolute atomic E-state index is 2.55. The van der Waals surface area contributed by atoms with E-state index in [-0.39, 0.29) is 5.41 Å². The molecular weight excluding hydrogens is 749 g/mol. The van der Waals surface area contributed by atoms with E-state index in [9.17, 15) is 0 Å². The van der Waals surface area contributed by atoms with E-state index in [4.69, 9.17) is 0 Å². The molecule has 8 bridgehead atoms. The monoisotopic (exact) mass is 806 g/mol. The van der Waals surface area contributed by atoms with Gasteiger partial charge < -0.3 is 9.80 Å². The zero-order valence-corrected chi connectivity index (χ0v) is 36.7. The van der Waals surface area contributed by atoms with Gasteiger partial charge in [-0.3, -0.25) is 0 Å². The van der Waals surface area contributed by atoms with E-state index >= 15 is 0 Å². The first kappa shape index (κ1) is 37.9. The molecule has 16 rings (SSSR count). The largest absolute Gasteiger partial charge is 0.310 e. The third-order valence-electron chi connectivity index (χ3n) is 16.1. The first-order valence-corrected chi connectivity index (χ1v) is 23.6. The van der Waals surface area contributed by atoms with Crippen LogP contribution in [0.4, 0.5) is 34.1 Å². The Kier molecular flexibility index (Phi) is 8.93. The van der Waals surface area contributed by atoms with E-state index in [2.05, 4.69) is 188 Å². The molecule has 2 nitrogen and oxygen atoms in total. The van der Waals surface area contributed by atoms with Gasteiger partial charge in [0.1, 0.15) is 0 Å². The number of rotatable bonds is 7. The van der Waals surface area contributed by atoms with Crippen LogP contribution in [0, 0.1) is 24.7 Å².